The van der Waals surface area contributed by atoms with Gasteiger partial charge in [0.25, 0.3) is 0 Å². The van der Waals surface area contributed by atoms with Gasteiger partial charge in [-0.2, -0.15) is 5.26 Å². The summed E-state index contributed by atoms with van der Waals surface area (Å²) in [4.78, 5) is 9.41. The van der Waals surface area contributed by atoms with Gasteiger partial charge >= 0.3 is 0 Å². The predicted molar refractivity (Wildman–Crippen MR) is 78.2 cm³/mol. The van der Waals surface area contributed by atoms with Crippen LogP contribution in [0.2, 0.25) is 0 Å². The molecule has 0 amide bonds. The van der Waals surface area contributed by atoms with E-state index in [4.69, 9.17) is 9.97 Å². The number of aryl methyl sites for hydroxylation is 2. The lowest BCUT2D eigenvalue weighted by molar-refractivity contribution is 1.06. The third-order valence-electron chi connectivity index (χ3n) is 3.98. The maximum Gasteiger partial charge on any atom is 0.0998 e. The van der Waals surface area contributed by atoms with Crippen molar-refractivity contribution in [3.05, 3.63) is 47.3 Å². The fraction of sp³-hybridized carbons (Fsp3) is 0.118. The largest absolute Gasteiger partial charge is 0.249 e. The molecule has 0 fully saturated rings. The highest BCUT2D eigenvalue weighted by Gasteiger charge is 2.25. The van der Waals surface area contributed by atoms with Crippen LogP contribution in [0.15, 0.2) is 30.3 Å². The molecule has 0 saturated carbocycles. The standard InChI is InChI=1S/C17H11N3/c1-9-10(2)20-17-14-7-6-11(8-18)12-4-3-5-13(15(12)14)16(17)19-9/h3-7H,1-2H3. The first-order valence-corrected chi connectivity index (χ1v) is 6.52. The van der Waals surface area contributed by atoms with E-state index in [1.165, 1.54) is 0 Å². The molecule has 94 valence electrons. The summed E-state index contributed by atoms with van der Waals surface area (Å²) in [6.45, 7) is 3.96. The Morgan fingerprint density at radius 1 is 0.900 bits per heavy atom. The molecule has 0 unspecified atom stereocenters. The van der Waals surface area contributed by atoms with Crippen molar-refractivity contribution in [2.75, 3.05) is 0 Å². The third-order valence-corrected chi connectivity index (χ3v) is 3.98. The Kier molecular flexibility index (Phi) is 2.03. The van der Waals surface area contributed by atoms with Gasteiger partial charge in [-0.05, 0) is 19.9 Å². The number of fused-ring (bicyclic) bond motifs is 3. The van der Waals surface area contributed by atoms with Crippen molar-refractivity contribution in [2.45, 2.75) is 13.8 Å². The number of hydrogen-bond donors (Lipinski definition) is 0. The highest BCUT2D eigenvalue weighted by Crippen LogP contribution is 2.45. The van der Waals surface area contributed by atoms with Crippen LogP contribution in [0.3, 0.4) is 0 Å². The Morgan fingerprint density at radius 2 is 1.55 bits per heavy atom. The van der Waals surface area contributed by atoms with Crippen LogP contribution >= 0.6 is 0 Å². The summed E-state index contributed by atoms with van der Waals surface area (Å²) in [6.07, 6.45) is 0. The molecule has 0 atom stereocenters. The van der Waals surface area contributed by atoms with Crippen LogP contribution < -0.4 is 0 Å². The molecule has 1 heterocycles. The first-order chi connectivity index (χ1) is 9.70. The first-order valence-electron chi connectivity index (χ1n) is 6.52. The minimum Gasteiger partial charge on any atom is -0.249 e. The van der Waals surface area contributed by atoms with E-state index >= 15 is 0 Å². The van der Waals surface area contributed by atoms with E-state index in [0.717, 1.165) is 44.7 Å². The summed E-state index contributed by atoms with van der Waals surface area (Å²) < 4.78 is 0. The van der Waals surface area contributed by atoms with Gasteiger partial charge in [-0.1, -0.05) is 24.3 Å². The smallest absolute Gasteiger partial charge is 0.0998 e. The van der Waals surface area contributed by atoms with Gasteiger partial charge in [0, 0.05) is 21.9 Å². The predicted octanol–water partition coefficient (Wildman–Crippen LogP) is 3.77. The summed E-state index contributed by atoms with van der Waals surface area (Å²) in [5.74, 6) is 0. The van der Waals surface area contributed by atoms with Crippen LogP contribution in [0.25, 0.3) is 33.3 Å². The van der Waals surface area contributed by atoms with Crippen molar-refractivity contribution < 1.29 is 0 Å². The van der Waals surface area contributed by atoms with E-state index in [2.05, 4.69) is 12.1 Å². The van der Waals surface area contributed by atoms with Crippen LogP contribution in [0, 0.1) is 25.2 Å². The number of benzene rings is 2. The summed E-state index contributed by atoms with van der Waals surface area (Å²) in [6, 6.07) is 12.1. The Bertz CT molecular complexity index is 898. The van der Waals surface area contributed by atoms with Gasteiger partial charge < -0.3 is 0 Å². The molecule has 3 heteroatoms. The van der Waals surface area contributed by atoms with Crippen molar-refractivity contribution in [3.8, 4) is 28.6 Å². The average molecular weight is 257 g/mol. The highest BCUT2D eigenvalue weighted by atomic mass is 14.9. The molecule has 20 heavy (non-hydrogen) atoms. The van der Waals surface area contributed by atoms with Crippen molar-refractivity contribution in [3.63, 3.8) is 0 Å². The molecular formula is C17H11N3. The van der Waals surface area contributed by atoms with Crippen molar-refractivity contribution in [1.82, 2.24) is 9.97 Å². The maximum absolute atomic E-state index is 9.26. The summed E-state index contributed by atoms with van der Waals surface area (Å²) >= 11 is 0. The molecule has 0 aliphatic heterocycles. The second-order valence-electron chi connectivity index (χ2n) is 5.09. The van der Waals surface area contributed by atoms with Crippen LogP contribution in [0.1, 0.15) is 17.0 Å². The molecule has 0 bridgehead atoms. The van der Waals surface area contributed by atoms with E-state index in [-0.39, 0.29) is 0 Å². The van der Waals surface area contributed by atoms with Gasteiger partial charge in [-0.15, -0.1) is 0 Å². The van der Waals surface area contributed by atoms with Gasteiger partial charge in [0.15, 0.2) is 0 Å². The molecule has 1 aromatic heterocycles. The van der Waals surface area contributed by atoms with E-state index in [0.29, 0.717) is 5.56 Å². The maximum atomic E-state index is 9.26. The Hall–Kier alpha value is -2.73. The second kappa shape index (κ2) is 3.64. The zero-order valence-electron chi connectivity index (χ0n) is 11.2. The Labute approximate surface area is 116 Å². The second-order valence-corrected chi connectivity index (χ2v) is 5.09. The highest BCUT2D eigenvalue weighted by molar-refractivity contribution is 6.14. The van der Waals surface area contributed by atoms with Crippen molar-refractivity contribution >= 4 is 10.8 Å². The lowest BCUT2D eigenvalue weighted by Gasteiger charge is -2.04. The minimum absolute atomic E-state index is 0.701. The Morgan fingerprint density at radius 3 is 2.20 bits per heavy atom. The molecule has 4 rings (SSSR count). The topological polar surface area (TPSA) is 49.6 Å². The molecule has 1 aliphatic carbocycles. The minimum atomic E-state index is 0.701. The summed E-state index contributed by atoms with van der Waals surface area (Å²) in [5.41, 5.74) is 6.64. The van der Waals surface area contributed by atoms with Gasteiger partial charge in [-0.3, -0.25) is 0 Å². The van der Waals surface area contributed by atoms with E-state index in [1.54, 1.807) is 0 Å². The SMILES string of the molecule is Cc1nc2c(nc1C)-c1ccc(C#N)c3cccc-2c13. The van der Waals surface area contributed by atoms with Crippen LogP contribution in [0.5, 0.6) is 0 Å². The average Bonchev–Trinajstić information content (AvgIpc) is 2.76. The molecule has 2 aromatic carbocycles. The fourth-order valence-electron chi connectivity index (χ4n) is 2.88. The fourth-order valence-corrected chi connectivity index (χ4v) is 2.88. The van der Waals surface area contributed by atoms with Crippen molar-refractivity contribution in [1.29, 1.82) is 5.26 Å². The van der Waals surface area contributed by atoms with Crippen LogP contribution in [-0.4, -0.2) is 9.97 Å². The number of nitriles is 1. The van der Waals surface area contributed by atoms with Crippen LogP contribution in [0.4, 0.5) is 0 Å². The molecule has 0 radical (unpaired) electrons. The molecule has 0 N–H and O–H groups in total. The molecule has 3 aromatic rings. The summed E-state index contributed by atoms with van der Waals surface area (Å²) in [7, 11) is 0. The van der Waals surface area contributed by atoms with Gasteiger partial charge in [-0.25, -0.2) is 9.97 Å². The van der Waals surface area contributed by atoms with E-state index in [1.807, 2.05) is 38.1 Å². The summed E-state index contributed by atoms with van der Waals surface area (Å²) in [5, 5.41) is 11.3. The number of rotatable bonds is 0. The first kappa shape index (κ1) is 11.1. The lowest BCUT2D eigenvalue weighted by atomic mass is 10.00. The number of nitrogens with zero attached hydrogens (tertiary/aromatic N) is 3. The zero-order valence-corrected chi connectivity index (χ0v) is 11.2. The number of aromatic nitrogens is 2. The third kappa shape index (κ3) is 1.23. The molecule has 0 spiro atoms. The van der Waals surface area contributed by atoms with E-state index in [9.17, 15) is 5.26 Å². The molecule has 3 nitrogen and oxygen atoms in total. The number of hydrogen-bond acceptors (Lipinski definition) is 3. The van der Waals surface area contributed by atoms with Gasteiger partial charge in [0.2, 0.25) is 0 Å². The van der Waals surface area contributed by atoms with Gasteiger partial charge in [0.1, 0.15) is 0 Å². The molecule has 1 aliphatic rings. The normalized spacial score (nSPS) is 11.4. The molecule has 0 saturated heterocycles. The van der Waals surface area contributed by atoms with Crippen LogP contribution in [-0.2, 0) is 0 Å². The quantitative estimate of drug-likeness (QED) is 0.482. The monoisotopic (exact) mass is 257 g/mol. The Balaban J connectivity index is 2.23. The zero-order chi connectivity index (χ0) is 13.9. The molecular weight excluding hydrogens is 246 g/mol. The lowest BCUT2D eigenvalue weighted by Crippen LogP contribution is -1.95. The van der Waals surface area contributed by atoms with Crippen molar-refractivity contribution in [2.24, 2.45) is 0 Å². The van der Waals surface area contributed by atoms with E-state index < -0.39 is 0 Å². The van der Waals surface area contributed by atoms with Gasteiger partial charge in [0.05, 0.1) is 34.4 Å².